The summed E-state index contributed by atoms with van der Waals surface area (Å²) in [6.07, 6.45) is 1.17. The number of amides is 1. The van der Waals surface area contributed by atoms with Crippen molar-refractivity contribution in [3.05, 3.63) is 24.0 Å². The summed E-state index contributed by atoms with van der Waals surface area (Å²) < 4.78 is 0. The highest BCUT2D eigenvalue weighted by molar-refractivity contribution is 5.92. The minimum Gasteiger partial charge on any atom is -0.392 e. The van der Waals surface area contributed by atoms with Crippen molar-refractivity contribution in [2.75, 3.05) is 37.6 Å². The summed E-state index contributed by atoms with van der Waals surface area (Å²) in [7, 11) is 0. The first kappa shape index (κ1) is 13.8. The van der Waals surface area contributed by atoms with Gasteiger partial charge in [-0.3, -0.25) is 4.79 Å². The molecule has 1 aliphatic heterocycles. The van der Waals surface area contributed by atoms with Crippen molar-refractivity contribution in [1.29, 1.82) is 0 Å². The van der Waals surface area contributed by atoms with Gasteiger partial charge in [0.1, 0.15) is 5.69 Å². The van der Waals surface area contributed by atoms with Gasteiger partial charge in [-0.25, -0.2) is 4.98 Å². The van der Waals surface area contributed by atoms with E-state index in [4.69, 9.17) is 5.11 Å². The number of nitrogens with zero attached hydrogens (tertiary/aromatic N) is 2. The third-order valence-corrected chi connectivity index (χ3v) is 3.02. The quantitative estimate of drug-likeness (QED) is 0.690. The number of piperazine rings is 1. The molecule has 1 amide bonds. The van der Waals surface area contributed by atoms with Crippen molar-refractivity contribution in [2.45, 2.75) is 13.0 Å². The molecule has 2 rings (SSSR count). The zero-order valence-corrected chi connectivity index (χ0v) is 11.1. The van der Waals surface area contributed by atoms with Crippen LogP contribution in [0.15, 0.2) is 18.3 Å². The second-order valence-corrected chi connectivity index (χ2v) is 4.70. The van der Waals surface area contributed by atoms with Gasteiger partial charge in [0.05, 0.1) is 18.0 Å². The van der Waals surface area contributed by atoms with E-state index in [0.717, 1.165) is 31.9 Å². The Morgan fingerprint density at radius 2 is 2.26 bits per heavy atom. The monoisotopic (exact) mass is 264 g/mol. The Bertz CT molecular complexity index is 413. The molecule has 3 N–H and O–H groups in total. The van der Waals surface area contributed by atoms with Crippen LogP contribution in [0.4, 0.5) is 5.69 Å². The van der Waals surface area contributed by atoms with Crippen LogP contribution in [0.5, 0.6) is 0 Å². The average Bonchev–Trinajstić information content (AvgIpc) is 2.46. The lowest BCUT2D eigenvalue weighted by atomic mass is 10.2. The van der Waals surface area contributed by atoms with Gasteiger partial charge in [0, 0.05) is 32.7 Å². The Hall–Kier alpha value is -1.66. The molecule has 1 aromatic heterocycles. The molecular weight excluding hydrogens is 244 g/mol. The molecular formula is C13H20N4O2. The minimum absolute atomic E-state index is 0.236. The Labute approximate surface area is 112 Å². The molecule has 0 spiro atoms. The lowest BCUT2D eigenvalue weighted by molar-refractivity contribution is 0.0919. The lowest BCUT2D eigenvalue weighted by Gasteiger charge is -2.29. The SMILES string of the molecule is C[C@@H](O)CNC(=O)c1ccc(N2CCNCC2)cn1. The highest BCUT2D eigenvalue weighted by Gasteiger charge is 2.12. The smallest absolute Gasteiger partial charge is 0.269 e. The van der Waals surface area contributed by atoms with Crippen LogP contribution in [-0.2, 0) is 0 Å². The first-order valence-electron chi connectivity index (χ1n) is 6.55. The van der Waals surface area contributed by atoms with Crippen molar-refractivity contribution in [1.82, 2.24) is 15.6 Å². The van der Waals surface area contributed by atoms with E-state index < -0.39 is 6.10 Å². The molecule has 1 aliphatic rings. The van der Waals surface area contributed by atoms with Gasteiger partial charge in [-0.2, -0.15) is 0 Å². The Kier molecular flexibility index (Phi) is 4.70. The van der Waals surface area contributed by atoms with Crippen molar-refractivity contribution in [2.24, 2.45) is 0 Å². The summed E-state index contributed by atoms with van der Waals surface area (Å²) in [5.74, 6) is -0.257. The molecule has 0 saturated carbocycles. The van der Waals surface area contributed by atoms with Gasteiger partial charge in [-0.1, -0.05) is 0 Å². The molecule has 1 fully saturated rings. The van der Waals surface area contributed by atoms with E-state index in [0.29, 0.717) is 5.69 Å². The number of carbonyl (C=O) groups is 1. The van der Waals surface area contributed by atoms with Gasteiger partial charge in [0.2, 0.25) is 0 Å². The maximum Gasteiger partial charge on any atom is 0.269 e. The fourth-order valence-corrected chi connectivity index (χ4v) is 1.96. The number of nitrogens with one attached hydrogen (secondary N) is 2. The van der Waals surface area contributed by atoms with E-state index in [9.17, 15) is 4.79 Å². The minimum atomic E-state index is -0.552. The Balaban J connectivity index is 1.95. The molecule has 0 aliphatic carbocycles. The van der Waals surface area contributed by atoms with Crippen molar-refractivity contribution in [3.8, 4) is 0 Å². The van der Waals surface area contributed by atoms with E-state index in [2.05, 4.69) is 20.5 Å². The van der Waals surface area contributed by atoms with E-state index in [-0.39, 0.29) is 12.5 Å². The van der Waals surface area contributed by atoms with Gasteiger partial charge in [0.25, 0.3) is 5.91 Å². The molecule has 104 valence electrons. The molecule has 0 aromatic carbocycles. The summed E-state index contributed by atoms with van der Waals surface area (Å²) in [6, 6.07) is 3.63. The number of aromatic nitrogens is 1. The van der Waals surface area contributed by atoms with Crippen LogP contribution in [-0.4, -0.2) is 54.8 Å². The van der Waals surface area contributed by atoms with Gasteiger partial charge >= 0.3 is 0 Å². The van der Waals surface area contributed by atoms with Gasteiger partial charge in [-0.15, -0.1) is 0 Å². The van der Waals surface area contributed by atoms with Gasteiger partial charge in [-0.05, 0) is 19.1 Å². The average molecular weight is 264 g/mol. The second kappa shape index (κ2) is 6.49. The number of pyridine rings is 1. The summed E-state index contributed by atoms with van der Waals surface area (Å²) in [4.78, 5) is 18.1. The maximum absolute atomic E-state index is 11.7. The zero-order valence-electron chi connectivity index (χ0n) is 11.1. The number of carbonyl (C=O) groups excluding carboxylic acids is 1. The molecule has 0 unspecified atom stereocenters. The fourth-order valence-electron chi connectivity index (χ4n) is 1.96. The van der Waals surface area contributed by atoms with Crippen LogP contribution in [0.1, 0.15) is 17.4 Å². The van der Waals surface area contributed by atoms with Crippen LogP contribution < -0.4 is 15.5 Å². The third-order valence-electron chi connectivity index (χ3n) is 3.02. The number of hydrogen-bond acceptors (Lipinski definition) is 5. The molecule has 1 aromatic rings. The number of rotatable bonds is 4. The molecule has 1 atom stereocenters. The first-order valence-corrected chi connectivity index (χ1v) is 6.55. The number of hydrogen-bond donors (Lipinski definition) is 3. The maximum atomic E-state index is 11.7. The predicted molar refractivity (Wildman–Crippen MR) is 73.3 cm³/mol. The fraction of sp³-hybridized carbons (Fsp3) is 0.538. The van der Waals surface area contributed by atoms with Crippen LogP contribution in [0.3, 0.4) is 0 Å². The Morgan fingerprint density at radius 1 is 1.53 bits per heavy atom. The molecule has 6 nitrogen and oxygen atoms in total. The van der Waals surface area contributed by atoms with E-state index in [1.54, 1.807) is 19.2 Å². The highest BCUT2D eigenvalue weighted by Crippen LogP contribution is 2.13. The van der Waals surface area contributed by atoms with E-state index in [1.165, 1.54) is 0 Å². The summed E-state index contributed by atoms with van der Waals surface area (Å²) in [5.41, 5.74) is 1.41. The third kappa shape index (κ3) is 3.90. The predicted octanol–water partition coefficient (Wildman–Crippen LogP) is -0.398. The van der Waals surface area contributed by atoms with Gasteiger partial charge < -0.3 is 20.6 Å². The van der Waals surface area contributed by atoms with Gasteiger partial charge in [0.15, 0.2) is 0 Å². The van der Waals surface area contributed by atoms with Crippen LogP contribution in [0, 0.1) is 0 Å². The van der Waals surface area contributed by atoms with E-state index >= 15 is 0 Å². The molecule has 0 bridgehead atoms. The second-order valence-electron chi connectivity index (χ2n) is 4.70. The topological polar surface area (TPSA) is 77.5 Å². The Morgan fingerprint density at radius 3 is 2.84 bits per heavy atom. The molecule has 6 heteroatoms. The normalized spacial score (nSPS) is 17.1. The van der Waals surface area contributed by atoms with Crippen molar-refractivity contribution >= 4 is 11.6 Å². The summed E-state index contributed by atoms with van der Waals surface area (Å²) >= 11 is 0. The first-order chi connectivity index (χ1) is 9.16. The van der Waals surface area contributed by atoms with Crippen LogP contribution >= 0.6 is 0 Å². The highest BCUT2D eigenvalue weighted by atomic mass is 16.3. The molecule has 1 saturated heterocycles. The van der Waals surface area contributed by atoms with Crippen LogP contribution in [0.25, 0.3) is 0 Å². The largest absolute Gasteiger partial charge is 0.392 e. The van der Waals surface area contributed by atoms with Crippen molar-refractivity contribution in [3.63, 3.8) is 0 Å². The summed E-state index contributed by atoms with van der Waals surface area (Å²) in [5, 5.41) is 15.0. The molecule has 2 heterocycles. The molecule has 19 heavy (non-hydrogen) atoms. The lowest BCUT2D eigenvalue weighted by Crippen LogP contribution is -2.43. The van der Waals surface area contributed by atoms with Crippen LogP contribution in [0.2, 0.25) is 0 Å². The number of anilines is 1. The zero-order chi connectivity index (χ0) is 13.7. The number of aliphatic hydroxyl groups is 1. The standard InChI is InChI=1S/C13H20N4O2/c1-10(18)8-16-13(19)12-3-2-11(9-15-12)17-6-4-14-5-7-17/h2-3,9-10,14,18H,4-8H2,1H3,(H,16,19)/t10-/m1/s1. The summed E-state index contributed by atoms with van der Waals surface area (Å²) in [6.45, 7) is 5.71. The number of aliphatic hydroxyl groups excluding tert-OH is 1. The van der Waals surface area contributed by atoms with E-state index in [1.807, 2.05) is 6.07 Å². The molecule has 0 radical (unpaired) electrons. The van der Waals surface area contributed by atoms with Crippen molar-refractivity contribution < 1.29 is 9.90 Å².